The molecule has 0 fully saturated rings. The minimum absolute atomic E-state index is 0.122. The molecule has 0 radical (unpaired) electrons. The highest BCUT2D eigenvalue weighted by atomic mass is 127. The predicted molar refractivity (Wildman–Crippen MR) is 217 cm³/mol. The molecule has 0 saturated carbocycles. The molecule has 0 atom stereocenters. The zero-order chi connectivity index (χ0) is 35.8. The Morgan fingerprint density at radius 3 is 1.02 bits per heavy atom. The lowest BCUT2D eigenvalue weighted by Crippen LogP contribution is -2.07. The number of aryl methyl sites for hydroxylation is 2. The van der Waals surface area contributed by atoms with Crippen molar-refractivity contribution in [3.05, 3.63) is 26.8 Å². The second kappa shape index (κ2) is 32.1. The van der Waals surface area contributed by atoms with E-state index in [1.807, 2.05) is 6.07 Å². The van der Waals surface area contributed by atoms with Gasteiger partial charge in [-0.15, -0.1) is 0 Å². The van der Waals surface area contributed by atoms with E-state index in [0.29, 0.717) is 18.4 Å². The standard InChI is InChI=1S/C42H77IO5S/c1-3-5-7-9-11-13-15-17-19-21-23-25-27-29-31-33-35-39-37-40(42(43(44)45)41(38-39)49(46,47)48)36-34-32-30-28-26-24-22-20-18-16-14-12-10-8-6-4-2/h37-38H,3-36H2,1-2H3,(H,46,47,48). The summed E-state index contributed by atoms with van der Waals surface area (Å²) >= 11 is -4.12. The van der Waals surface area contributed by atoms with Crippen LogP contribution in [-0.4, -0.2) is 13.0 Å². The van der Waals surface area contributed by atoms with Crippen molar-refractivity contribution in [1.29, 1.82) is 0 Å². The number of hydrogen-bond acceptors (Lipinski definition) is 4. The van der Waals surface area contributed by atoms with Crippen molar-refractivity contribution in [3.63, 3.8) is 0 Å². The topological polar surface area (TPSA) is 88.5 Å². The summed E-state index contributed by atoms with van der Waals surface area (Å²) in [5.74, 6) is 0. The highest BCUT2D eigenvalue weighted by Crippen LogP contribution is 2.32. The zero-order valence-electron chi connectivity index (χ0n) is 32.1. The summed E-state index contributed by atoms with van der Waals surface area (Å²) < 4.78 is 58.7. The van der Waals surface area contributed by atoms with Gasteiger partial charge in [0.1, 0.15) is 8.47 Å². The number of benzene rings is 1. The van der Waals surface area contributed by atoms with E-state index in [1.54, 1.807) is 0 Å². The molecular formula is C42H77IO5S. The van der Waals surface area contributed by atoms with E-state index in [1.165, 1.54) is 179 Å². The first-order chi connectivity index (χ1) is 23.8. The lowest BCUT2D eigenvalue weighted by Gasteiger charge is -2.12. The van der Waals surface area contributed by atoms with Gasteiger partial charge in [-0.05, 0) is 42.9 Å². The van der Waals surface area contributed by atoms with Crippen LogP contribution < -0.4 is 0 Å². The summed E-state index contributed by atoms with van der Waals surface area (Å²) in [5.41, 5.74) is 1.41. The molecule has 7 heteroatoms. The van der Waals surface area contributed by atoms with Crippen molar-refractivity contribution in [2.24, 2.45) is 0 Å². The van der Waals surface area contributed by atoms with Gasteiger partial charge >= 0.3 is 19.8 Å². The van der Waals surface area contributed by atoms with Gasteiger partial charge in [-0.25, -0.2) is 6.14 Å². The first-order valence-corrected chi connectivity index (χ1v) is 25.3. The molecule has 1 N–H and O–H groups in total. The van der Waals surface area contributed by atoms with E-state index in [2.05, 4.69) is 13.8 Å². The average Bonchev–Trinajstić information content (AvgIpc) is 3.07. The molecule has 0 heterocycles. The molecule has 0 aliphatic carbocycles. The number of hydrogen-bond donors (Lipinski definition) is 1. The van der Waals surface area contributed by atoms with Crippen LogP contribution in [0.5, 0.6) is 0 Å². The minimum atomic E-state index is -4.61. The largest absolute Gasteiger partial charge is 0.342 e. The van der Waals surface area contributed by atoms with Crippen molar-refractivity contribution in [1.82, 2.24) is 0 Å². The van der Waals surface area contributed by atoms with Crippen LogP contribution in [0.15, 0.2) is 17.0 Å². The van der Waals surface area contributed by atoms with Crippen LogP contribution in [0.2, 0.25) is 0 Å². The molecule has 0 aromatic heterocycles. The summed E-state index contributed by atoms with van der Waals surface area (Å²) in [7, 11) is -4.61. The smallest absolute Gasteiger partial charge is 0.282 e. The summed E-state index contributed by atoms with van der Waals surface area (Å²) in [6.07, 6.45) is 42.5. The van der Waals surface area contributed by atoms with E-state index in [9.17, 15) is 19.1 Å². The fraction of sp³-hybridized carbons (Fsp3) is 0.857. The Morgan fingerprint density at radius 2 is 0.735 bits per heavy atom. The van der Waals surface area contributed by atoms with E-state index < -0.39 is 34.8 Å². The first-order valence-electron chi connectivity index (χ1n) is 21.0. The second-order valence-electron chi connectivity index (χ2n) is 14.9. The Morgan fingerprint density at radius 1 is 0.449 bits per heavy atom. The maximum absolute atomic E-state index is 12.2. The van der Waals surface area contributed by atoms with Crippen LogP contribution in [0, 0.1) is 3.57 Å². The van der Waals surface area contributed by atoms with E-state index >= 15 is 0 Å². The van der Waals surface area contributed by atoms with Crippen LogP contribution in [0.4, 0.5) is 0 Å². The highest BCUT2D eigenvalue weighted by Gasteiger charge is 2.23. The fourth-order valence-electron chi connectivity index (χ4n) is 7.15. The van der Waals surface area contributed by atoms with Crippen LogP contribution in [-0.2, 0) is 29.1 Å². The van der Waals surface area contributed by atoms with Gasteiger partial charge in [-0.2, -0.15) is 8.42 Å². The molecule has 5 nitrogen and oxygen atoms in total. The van der Waals surface area contributed by atoms with Crippen LogP contribution in [0.3, 0.4) is 0 Å². The van der Waals surface area contributed by atoms with Gasteiger partial charge < -0.3 is 0 Å². The van der Waals surface area contributed by atoms with Crippen LogP contribution >= 0.6 is 19.8 Å². The second-order valence-corrected chi connectivity index (χ2v) is 18.6. The normalized spacial score (nSPS) is 12.0. The third-order valence-electron chi connectivity index (χ3n) is 10.2. The van der Waals surface area contributed by atoms with E-state index in [4.69, 9.17) is 0 Å². The maximum atomic E-state index is 12.2. The third kappa shape index (κ3) is 26.0. The molecule has 49 heavy (non-hydrogen) atoms. The van der Waals surface area contributed by atoms with Gasteiger partial charge in [0, 0.05) is 0 Å². The molecule has 1 aromatic rings. The molecule has 0 spiro atoms. The van der Waals surface area contributed by atoms with Crippen LogP contribution in [0.1, 0.15) is 230 Å². The molecular weight excluding hydrogens is 743 g/mol. The number of halogens is 1. The molecule has 0 aliphatic rings. The first kappa shape index (κ1) is 46.5. The molecule has 0 aliphatic heterocycles. The van der Waals surface area contributed by atoms with Crippen molar-refractivity contribution in [3.8, 4) is 0 Å². The van der Waals surface area contributed by atoms with E-state index in [-0.39, 0.29) is 3.57 Å². The maximum Gasteiger partial charge on any atom is 0.342 e. The van der Waals surface area contributed by atoms with Gasteiger partial charge in [0.25, 0.3) is 10.1 Å². The predicted octanol–water partition coefficient (Wildman–Crippen LogP) is 14.9. The Bertz CT molecular complexity index is 1090. The summed E-state index contributed by atoms with van der Waals surface area (Å²) in [4.78, 5) is -0.400. The molecule has 0 amide bonds. The fourth-order valence-corrected chi connectivity index (χ4v) is 10.6. The number of unbranched alkanes of at least 4 members (excludes halogenated alkanes) is 30. The van der Waals surface area contributed by atoms with Gasteiger partial charge in [0.15, 0.2) is 0 Å². The average molecular weight is 821 g/mol. The molecule has 288 valence electrons. The summed E-state index contributed by atoms with van der Waals surface area (Å²) in [6, 6.07) is 3.31. The lowest BCUT2D eigenvalue weighted by atomic mass is 9.99. The third-order valence-corrected chi connectivity index (χ3v) is 13.6. The highest BCUT2D eigenvalue weighted by molar-refractivity contribution is 14.2. The lowest BCUT2D eigenvalue weighted by molar-refractivity contribution is 0.482. The molecule has 0 bridgehead atoms. The Balaban J connectivity index is 2.30. The quantitative estimate of drug-likeness (QED) is 0.0414. The Hall–Kier alpha value is -0.540. The van der Waals surface area contributed by atoms with Crippen molar-refractivity contribution < 1.29 is 19.1 Å². The molecule has 0 unspecified atom stereocenters. The SMILES string of the molecule is CCCCCCCCCCCCCCCCCCc1cc(CCCCCCCCCCCCCCCCCC)c(I(=O)=O)c(S(=O)(=O)O)c1. The molecule has 1 aromatic carbocycles. The minimum Gasteiger partial charge on any atom is -0.282 e. The Labute approximate surface area is 311 Å². The van der Waals surface area contributed by atoms with Gasteiger partial charge in [-0.3, -0.25) is 4.55 Å². The Kier molecular flexibility index (Phi) is 30.5. The van der Waals surface area contributed by atoms with E-state index in [0.717, 1.165) is 37.7 Å². The van der Waals surface area contributed by atoms with Crippen LogP contribution in [0.25, 0.3) is 0 Å². The number of rotatable bonds is 36. The molecule has 0 saturated heterocycles. The summed E-state index contributed by atoms with van der Waals surface area (Å²) in [5, 5.41) is 0. The van der Waals surface area contributed by atoms with Crippen molar-refractivity contribution in [2.45, 2.75) is 237 Å². The monoisotopic (exact) mass is 820 g/mol. The van der Waals surface area contributed by atoms with Crippen molar-refractivity contribution >= 4 is 29.9 Å². The molecule has 1 rings (SSSR count). The van der Waals surface area contributed by atoms with Crippen molar-refractivity contribution in [2.75, 3.05) is 0 Å². The summed E-state index contributed by atoms with van der Waals surface area (Å²) in [6.45, 7) is 4.54. The zero-order valence-corrected chi connectivity index (χ0v) is 35.0. The van der Waals surface area contributed by atoms with Gasteiger partial charge in [-0.1, -0.05) is 213 Å². The van der Waals surface area contributed by atoms with Gasteiger partial charge in [0.2, 0.25) is 0 Å². The van der Waals surface area contributed by atoms with Gasteiger partial charge in [0.05, 0.1) is 0 Å².